The number of halogens is 3. The molecule has 9 heteroatoms. The van der Waals surface area contributed by atoms with Crippen LogP contribution in [0.5, 0.6) is 11.5 Å². The minimum Gasteiger partial charge on any atom is -0.497 e. The molecule has 0 aliphatic carbocycles. The first-order chi connectivity index (χ1) is 14.8. The van der Waals surface area contributed by atoms with Gasteiger partial charge in [0.2, 0.25) is 0 Å². The lowest BCUT2D eigenvalue weighted by molar-refractivity contribution is -0.274. The van der Waals surface area contributed by atoms with E-state index in [4.69, 9.17) is 4.74 Å². The highest BCUT2D eigenvalue weighted by Crippen LogP contribution is 2.24. The fraction of sp³-hybridized carbons (Fsp3) is 0.409. The number of amides is 2. The normalized spacial score (nSPS) is 15.4. The SMILES string of the molecule is COc1ccc(CC(CN2CCCC2)NC(=O)Nc2ccc(OC(F)(F)F)cc2)cc1. The molecule has 1 unspecified atom stereocenters. The number of nitrogens with one attached hydrogen (secondary N) is 2. The zero-order chi connectivity index (χ0) is 22.3. The zero-order valence-corrected chi connectivity index (χ0v) is 17.2. The fourth-order valence-corrected chi connectivity index (χ4v) is 3.58. The summed E-state index contributed by atoms with van der Waals surface area (Å²) in [5.74, 6) is 0.424. The number of hydrogen-bond donors (Lipinski definition) is 2. The number of nitrogens with zero attached hydrogens (tertiary/aromatic N) is 1. The monoisotopic (exact) mass is 437 g/mol. The molecule has 2 amide bonds. The molecule has 1 aliphatic rings. The lowest BCUT2D eigenvalue weighted by atomic mass is 10.1. The highest BCUT2D eigenvalue weighted by molar-refractivity contribution is 5.89. The van der Waals surface area contributed by atoms with E-state index < -0.39 is 12.4 Å². The van der Waals surface area contributed by atoms with Gasteiger partial charge in [-0.2, -0.15) is 0 Å². The van der Waals surface area contributed by atoms with Gasteiger partial charge < -0.3 is 25.0 Å². The number of carbonyl (C=O) groups excluding carboxylic acids is 1. The summed E-state index contributed by atoms with van der Waals surface area (Å²) >= 11 is 0. The quantitative estimate of drug-likeness (QED) is 0.642. The van der Waals surface area contributed by atoms with Crippen LogP contribution in [0, 0.1) is 0 Å². The van der Waals surface area contributed by atoms with Crippen molar-refractivity contribution in [1.82, 2.24) is 10.2 Å². The molecule has 1 fully saturated rings. The van der Waals surface area contributed by atoms with Gasteiger partial charge in [0.05, 0.1) is 7.11 Å². The summed E-state index contributed by atoms with van der Waals surface area (Å²) in [5, 5.41) is 5.65. The van der Waals surface area contributed by atoms with E-state index in [0.29, 0.717) is 12.1 Å². The highest BCUT2D eigenvalue weighted by atomic mass is 19.4. The summed E-state index contributed by atoms with van der Waals surface area (Å²) in [4.78, 5) is 14.8. The smallest absolute Gasteiger partial charge is 0.497 e. The first kappa shape index (κ1) is 22.7. The second-order valence-electron chi connectivity index (χ2n) is 7.43. The van der Waals surface area contributed by atoms with E-state index in [1.165, 1.54) is 12.1 Å². The van der Waals surface area contributed by atoms with Crippen molar-refractivity contribution >= 4 is 11.7 Å². The highest BCUT2D eigenvalue weighted by Gasteiger charge is 2.31. The van der Waals surface area contributed by atoms with Crippen molar-refractivity contribution in [3.63, 3.8) is 0 Å². The Morgan fingerprint density at radius 2 is 1.65 bits per heavy atom. The van der Waals surface area contributed by atoms with Crippen molar-refractivity contribution in [2.24, 2.45) is 0 Å². The number of rotatable bonds is 8. The van der Waals surface area contributed by atoms with E-state index in [1.807, 2.05) is 24.3 Å². The van der Waals surface area contributed by atoms with E-state index in [2.05, 4.69) is 20.3 Å². The number of carbonyl (C=O) groups is 1. The number of anilines is 1. The largest absolute Gasteiger partial charge is 0.573 e. The molecule has 1 heterocycles. The minimum atomic E-state index is -4.75. The Kier molecular flexibility index (Phi) is 7.62. The first-order valence-corrected chi connectivity index (χ1v) is 10.1. The van der Waals surface area contributed by atoms with Gasteiger partial charge in [0.25, 0.3) is 0 Å². The van der Waals surface area contributed by atoms with Crippen LogP contribution < -0.4 is 20.1 Å². The van der Waals surface area contributed by atoms with Crippen LogP contribution in [-0.4, -0.2) is 50.1 Å². The molecule has 0 bridgehead atoms. The molecule has 6 nitrogen and oxygen atoms in total. The van der Waals surface area contributed by atoms with Crippen molar-refractivity contribution in [3.05, 3.63) is 54.1 Å². The van der Waals surface area contributed by atoms with Gasteiger partial charge in [0.15, 0.2) is 0 Å². The van der Waals surface area contributed by atoms with Gasteiger partial charge in [-0.15, -0.1) is 13.2 Å². The molecule has 31 heavy (non-hydrogen) atoms. The summed E-state index contributed by atoms with van der Waals surface area (Å²) in [5.41, 5.74) is 1.44. The number of alkyl halides is 3. The van der Waals surface area contributed by atoms with Crippen molar-refractivity contribution in [3.8, 4) is 11.5 Å². The van der Waals surface area contributed by atoms with Crippen LogP contribution in [0.4, 0.5) is 23.7 Å². The Morgan fingerprint density at radius 1 is 1.03 bits per heavy atom. The van der Waals surface area contributed by atoms with E-state index in [0.717, 1.165) is 55.9 Å². The number of ether oxygens (including phenoxy) is 2. The van der Waals surface area contributed by atoms with Crippen LogP contribution >= 0.6 is 0 Å². The van der Waals surface area contributed by atoms with E-state index in [1.54, 1.807) is 7.11 Å². The number of methoxy groups -OCH3 is 1. The molecule has 1 saturated heterocycles. The van der Waals surface area contributed by atoms with Gasteiger partial charge >= 0.3 is 12.4 Å². The Morgan fingerprint density at radius 3 is 2.23 bits per heavy atom. The average Bonchev–Trinajstić information content (AvgIpc) is 3.22. The third-order valence-corrected chi connectivity index (χ3v) is 5.00. The third kappa shape index (κ3) is 7.67. The molecule has 2 aromatic carbocycles. The second kappa shape index (κ2) is 10.4. The lowest BCUT2D eigenvalue weighted by Crippen LogP contribution is -2.46. The van der Waals surface area contributed by atoms with Gasteiger partial charge in [-0.25, -0.2) is 4.79 Å². The minimum absolute atomic E-state index is 0.126. The standard InChI is InChI=1S/C22H26F3N3O3/c1-30-19-8-4-16(5-9-19)14-18(15-28-12-2-3-13-28)27-21(29)26-17-6-10-20(11-7-17)31-22(23,24)25/h4-11,18H,2-3,12-15H2,1H3,(H2,26,27,29). The first-order valence-electron chi connectivity index (χ1n) is 10.1. The van der Waals surface area contributed by atoms with Crippen LogP contribution in [0.1, 0.15) is 18.4 Å². The zero-order valence-electron chi connectivity index (χ0n) is 17.2. The van der Waals surface area contributed by atoms with E-state index in [9.17, 15) is 18.0 Å². The number of benzene rings is 2. The maximum Gasteiger partial charge on any atom is 0.573 e. The molecule has 168 valence electrons. The molecule has 1 aliphatic heterocycles. The number of likely N-dealkylation sites (tertiary alicyclic amines) is 1. The summed E-state index contributed by atoms with van der Waals surface area (Å²) in [7, 11) is 1.61. The molecular weight excluding hydrogens is 411 g/mol. The van der Waals surface area contributed by atoms with E-state index in [-0.39, 0.29) is 11.8 Å². The van der Waals surface area contributed by atoms with Gasteiger partial charge in [0.1, 0.15) is 11.5 Å². The Bertz CT molecular complexity index is 836. The summed E-state index contributed by atoms with van der Waals surface area (Å²) in [6, 6.07) is 12.2. The molecule has 2 aromatic rings. The van der Waals surface area contributed by atoms with Crippen LogP contribution in [0.2, 0.25) is 0 Å². The topological polar surface area (TPSA) is 62.8 Å². The third-order valence-electron chi connectivity index (χ3n) is 5.00. The Balaban J connectivity index is 1.60. The van der Waals surface area contributed by atoms with Crippen molar-refractivity contribution in [1.29, 1.82) is 0 Å². The fourth-order valence-electron chi connectivity index (χ4n) is 3.58. The van der Waals surface area contributed by atoms with Crippen LogP contribution in [0.25, 0.3) is 0 Å². The molecule has 0 radical (unpaired) electrons. The molecule has 2 N–H and O–H groups in total. The maximum atomic E-state index is 12.5. The lowest BCUT2D eigenvalue weighted by Gasteiger charge is -2.25. The Labute approximate surface area is 179 Å². The molecule has 0 saturated carbocycles. The number of urea groups is 1. The van der Waals surface area contributed by atoms with Crippen LogP contribution in [0.3, 0.4) is 0 Å². The van der Waals surface area contributed by atoms with Gasteiger partial charge in [-0.05, 0) is 74.3 Å². The predicted octanol–water partition coefficient (Wildman–Crippen LogP) is 4.42. The Hall–Kier alpha value is -2.94. The van der Waals surface area contributed by atoms with Gasteiger partial charge in [-0.1, -0.05) is 12.1 Å². The maximum absolute atomic E-state index is 12.5. The predicted molar refractivity (Wildman–Crippen MR) is 111 cm³/mol. The molecule has 0 aromatic heterocycles. The number of hydrogen-bond acceptors (Lipinski definition) is 4. The van der Waals surface area contributed by atoms with Crippen molar-refractivity contribution < 1.29 is 27.4 Å². The molecule has 3 rings (SSSR count). The van der Waals surface area contributed by atoms with Gasteiger partial charge in [0, 0.05) is 18.3 Å². The molecule has 0 spiro atoms. The van der Waals surface area contributed by atoms with Gasteiger partial charge in [-0.3, -0.25) is 0 Å². The van der Waals surface area contributed by atoms with Crippen molar-refractivity contribution in [2.45, 2.75) is 31.7 Å². The second-order valence-corrected chi connectivity index (χ2v) is 7.43. The van der Waals surface area contributed by atoms with Crippen LogP contribution in [0.15, 0.2) is 48.5 Å². The average molecular weight is 437 g/mol. The summed E-state index contributed by atoms with van der Waals surface area (Å²) in [6.07, 6.45) is -1.82. The van der Waals surface area contributed by atoms with E-state index >= 15 is 0 Å². The molecular formula is C22H26F3N3O3. The van der Waals surface area contributed by atoms with Crippen molar-refractivity contribution in [2.75, 3.05) is 32.1 Å². The van der Waals surface area contributed by atoms with Crippen LogP contribution in [-0.2, 0) is 6.42 Å². The molecule has 1 atom stereocenters. The summed E-state index contributed by atoms with van der Waals surface area (Å²) < 4.78 is 45.8. The summed E-state index contributed by atoms with van der Waals surface area (Å²) in [6.45, 7) is 2.73.